The van der Waals surface area contributed by atoms with Gasteiger partial charge in [-0.25, -0.2) is 4.98 Å². The summed E-state index contributed by atoms with van der Waals surface area (Å²) in [4.78, 5) is 22.3. The van der Waals surface area contributed by atoms with Gasteiger partial charge in [-0.3, -0.25) is 4.79 Å². The zero-order chi connectivity index (χ0) is 21.0. The van der Waals surface area contributed by atoms with Crippen LogP contribution in [0, 0.1) is 0 Å². The fourth-order valence-corrected chi connectivity index (χ4v) is 4.36. The number of fused-ring (bicyclic) bond motifs is 1. The minimum Gasteiger partial charge on any atom is -0.421 e. The number of piperidine rings is 1. The number of nitrogens with one attached hydrogen (secondary N) is 1. The molecule has 1 aromatic carbocycles. The normalized spacial score (nSPS) is 14.9. The molecule has 0 spiro atoms. The fraction of sp³-hybridized carbons (Fsp3) is 0.333. The monoisotopic (exact) mass is 415 g/mol. The number of likely N-dealkylation sites (tertiary alicyclic amines) is 1. The Labute approximate surface area is 180 Å². The summed E-state index contributed by atoms with van der Waals surface area (Å²) in [6, 6.07) is 13.8. The van der Waals surface area contributed by atoms with Crippen molar-refractivity contribution in [3.63, 3.8) is 0 Å². The smallest absolute Gasteiger partial charge is 0.247 e. The molecule has 4 aromatic rings. The standard InChI is InChI=1S/C24H25N5O2/c30-22(10-4-9-21-27-28-24(31-21)18-6-2-1-3-7-18)29-14-11-17(12-15-29)20-16-26-23-19(20)8-5-13-25-23/h1-3,5-8,13,16-17H,4,9-12,14-15H2,(H,25,26). The van der Waals surface area contributed by atoms with E-state index >= 15 is 0 Å². The first-order valence-electron chi connectivity index (χ1n) is 10.9. The molecule has 0 unspecified atom stereocenters. The molecule has 0 atom stereocenters. The zero-order valence-electron chi connectivity index (χ0n) is 17.3. The molecule has 0 bridgehead atoms. The van der Waals surface area contributed by atoms with Crippen molar-refractivity contribution in [3.8, 4) is 11.5 Å². The van der Waals surface area contributed by atoms with Crippen LogP contribution in [0.15, 0.2) is 59.3 Å². The Bertz CT molecular complexity index is 1160. The highest BCUT2D eigenvalue weighted by Crippen LogP contribution is 2.32. The minimum absolute atomic E-state index is 0.210. The Hall–Kier alpha value is -3.48. The average Bonchev–Trinajstić information content (AvgIpc) is 3.47. The number of hydrogen-bond donors (Lipinski definition) is 1. The van der Waals surface area contributed by atoms with E-state index in [-0.39, 0.29) is 5.91 Å². The summed E-state index contributed by atoms with van der Waals surface area (Å²) in [5, 5.41) is 9.42. The Morgan fingerprint density at radius 1 is 1.10 bits per heavy atom. The largest absolute Gasteiger partial charge is 0.421 e. The number of aromatic amines is 1. The molecule has 31 heavy (non-hydrogen) atoms. The second-order valence-corrected chi connectivity index (χ2v) is 8.02. The third-order valence-electron chi connectivity index (χ3n) is 6.04. The first-order chi connectivity index (χ1) is 15.3. The fourth-order valence-electron chi connectivity index (χ4n) is 4.36. The van der Waals surface area contributed by atoms with E-state index in [0.717, 1.165) is 37.1 Å². The van der Waals surface area contributed by atoms with Gasteiger partial charge in [0.15, 0.2) is 0 Å². The van der Waals surface area contributed by atoms with Crippen LogP contribution in [0.5, 0.6) is 0 Å². The van der Waals surface area contributed by atoms with E-state index in [1.54, 1.807) is 6.20 Å². The molecule has 0 radical (unpaired) electrons. The summed E-state index contributed by atoms with van der Waals surface area (Å²) >= 11 is 0. The topological polar surface area (TPSA) is 87.9 Å². The number of H-pyrrole nitrogens is 1. The molecule has 7 nitrogen and oxygen atoms in total. The highest BCUT2D eigenvalue weighted by atomic mass is 16.4. The van der Waals surface area contributed by atoms with Gasteiger partial charge in [0.2, 0.25) is 17.7 Å². The van der Waals surface area contributed by atoms with Crippen LogP contribution in [0.2, 0.25) is 0 Å². The Kier molecular flexibility index (Phi) is 5.48. The van der Waals surface area contributed by atoms with E-state index in [4.69, 9.17) is 4.42 Å². The van der Waals surface area contributed by atoms with Crippen molar-refractivity contribution < 1.29 is 9.21 Å². The molecule has 1 amide bonds. The predicted molar refractivity (Wildman–Crippen MR) is 117 cm³/mol. The van der Waals surface area contributed by atoms with Gasteiger partial charge in [0.25, 0.3) is 0 Å². The number of carbonyl (C=O) groups excluding carboxylic acids is 1. The van der Waals surface area contributed by atoms with E-state index in [1.807, 2.05) is 41.3 Å². The molecule has 1 aliphatic heterocycles. The van der Waals surface area contributed by atoms with Crippen molar-refractivity contribution in [1.82, 2.24) is 25.1 Å². The third kappa shape index (κ3) is 4.21. The minimum atomic E-state index is 0.210. The van der Waals surface area contributed by atoms with Gasteiger partial charge in [-0.2, -0.15) is 0 Å². The summed E-state index contributed by atoms with van der Waals surface area (Å²) in [6.07, 6.45) is 7.68. The van der Waals surface area contributed by atoms with Crippen LogP contribution in [0.25, 0.3) is 22.5 Å². The van der Waals surface area contributed by atoms with Crippen LogP contribution in [0.3, 0.4) is 0 Å². The van der Waals surface area contributed by atoms with Crippen LogP contribution in [-0.4, -0.2) is 44.1 Å². The Morgan fingerprint density at radius 3 is 2.77 bits per heavy atom. The predicted octanol–water partition coefficient (Wildman–Crippen LogP) is 4.34. The lowest BCUT2D eigenvalue weighted by Gasteiger charge is -2.32. The maximum atomic E-state index is 12.7. The van der Waals surface area contributed by atoms with Crippen molar-refractivity contribution >= 4 is 16.9 Å². The summed E-state index contributed by atoms with van der Waals surface area (Å²) in [5.74, 6) is 1.79. The molecule has 1 N–H and O–H groups in total. The van der Waals surface area contributed by atoms with Crippen molar-refractivity contribution in [3.05, 3.63) is 66.3 Å². The van der Waals surface area contributed by atoms with E-state index in [1.165, 1.54) is 10.9 Å². The van der Waals surface area contributed by atoms with Gasteiger partial charge in [0, 0.05) is 49.3 Å². The molecular formula is C24H25N5O2. The zero-order valence-corrected chi connectivity index (χ0v) is 17.3. The number of carbonyl (C=O) groups is 1. The molecule has 3 aromatic heterocycles. The number of aryl methyl sites for hydroxylation is 1. The second kappa shape index (κ2) is 8.71. The first kappa shape index (κ1) is 19.5. The molecule has 5 rings (SSSR count). The highest BCUT2D eigenvalue weighted by molar-refractivity contribution is 5.80. The summed E-state index contributed by atoms with van der Waals surface area (Å²) in [6.45, 7) is 1.60. The molecule has 0 aliphatic carbocycles. The van der Waals surface area contributed by atoms with Gasteiger partial charge in [-0.05, 0) is 55.0 Å². The molecule has 7 heteroatoms. The number of pyridine rings is 1. The number of nitrogens with zero attached hydrogens (tertiary/aromatic N) is 4. The quantitative estimate of drug-likeness (QED) is 0.506. The Morgan fingerprint density at radius 2 is 1.94 bits per heavy atom. The van der Waals surface area contributed by atoms with E-state index in [2.05, 4.69) is 32.4 Å². The lowest BCUT2D eigenvalue weighted by atomic mass is 9.89. The molecule has 4 heterocycles. The lowest BCUT2D eigenvalue weighted by Crippen LogP contribution is -2.37. The molecule has 1 saturated heterocycles. The molecule has 158 valence electrons. The second-order valence-electron chi connectivity index (χ2n) is 8.02. The van der Waals surface area contributed by atoms with Gasteiger partial charge in [-0.1, -0.05) is 18.2 Å². The number of amides is 1. The van der Waals surface area contributed by atoms with Crippen LogP contribution in [0.1, 0.15) is 43.1 Å². The summed E-state index contributed by atoms with van der Waals surface area (Å²) < 4.78 is 5.73. The maximum absolute atomic E-state index is 12.7. The molecule has 0 saturated carbocycles. The van der Waals surface area contributed by atoms with E-state index in [0.29, 0.717) is 37.0 Å². The number of benzene rings is 1. The molecule has 1 fully saturated rings. The Balaban J connectivity index is 1.10. The number of aromatic nitrogens is 4. The first-order valence-corrected chi connectivity index (χ1v) is 10.9. The highest BCUT2D eigenvalue weighted by Gasteiger charge is 2.25. The van der Waals surface area contributed by atoms with Crippen molar-refractivity contribution in [2.75, 3.05) is 13.1 Å². The van der Waals surface area contributed by atoms with Crippen LogP contribution in [-0.2, 0) is 11.2 Å². The lowest BCUT2D eigenvalue weighted by molar-refractivity contribution is -0.132. The van der Waals surface area contributed by atoms with E-state index in [9.17, 15) is 4.79 Å². The van der Waals surface area contributed by atoms with Gasteiger partial charge in [0.05, 0.1) is 0 Å². The number of rotatable bonds is 6. The van der Waals surface area contributed by atoms with Gasteiger partial charge < -0.3 is 14.3 Å². The summed E-state index contributed by atoms with van der Waals surface area (Å²) in [7, 11) is 0. The van der Waals surface area contributed by atoms with Crippen molar-refractivity contribution in [2.45, 2.75) is 38.0 Å². The van der Waals surface area contributed by atoms with Crippen LogP contribution in [0.4, 0.5) is 0 Å². The SMILES string of the molecule is O=C(CCCc1nnc(-c2ccccc2)o1)N1CCC(c2c[nH]c3ncccc23)CC1. The van der Waals surface area contributed by atoms with Crippen LogP contribution >= 0.6 is 0 Å². The molecular weight excluding hydrogens is 390 g/mol. The van der Waals surface area contributed by atoms with Gasteiger partial charge in [-0.15, -0.1) is 10.2 Å². The maximum Gasteiger partial charge on any atom is 0.247 e. The van der Waals surface area contributed by atoms with Crippen LogP contribution < -0.4 is 0 Å². The van der Waals surface area contributed by atoms with Crippen molar-refractivity contribution in [1.29, 1.82) is 0 Å². The summed E-state index contributed by atoms with van der Waals surface area (Å²) in [5.41, 5.74) is 3.17. The molecule has 1 aliphatic rings. The average molecular weight is 415 g/mol. The van der Waals surface area contributed by atoms with E-state index < -0.39 is 0 Å². The van der Waals surface area contributed by atoms with Crippen molar-refractivity contribution in [2.24, 2.45) is 0 Å². The van der Waals surface area contributed by atoms with Gasteiger partial charge >= 0.3 is 0 Å². The van der Waals surface area contributed by atoms with Gasteiger partial charge in [0.1, 0.15) is 5.65 Å². The third-order valence-corrected chi connectivity index (χ3v) is 6.04. The number of hydrogen-bond acceptors (Lipinski definition) is 5.